The molecule has 0 radical (unpaired) electrons. The van der Waals surface area contributed by atoms with Crippen molar-refractivity contribution in [3.8, 4) is 0 Å². The lowest BCUT2D eigenvalue weighted by atomic mass is 9.86. The minimum atomic E-state index is -2.60. The highest BCUT2D eigenvalue weighted by molar-refractivity contribution is 6.00. The molecule has 1 saturated heterocycles. The van der Waals surface area contributed by atoms with Gasteiger partial charge in [-0.1, -0.05) is 120 Å². The highest BCUT2D eigenvalue weighted by Crippen LogP contribution is 2.27. The molecule has 1 fully saturated rings. The zero-order valence-electron chi connectivity index (χ0n) is 59.6. The van der Waals surface area contributed by atoms with Gasteiger partial charge in [-0.3, -0.25) is 58.1 Å². The van der Waals surface area contributed by atoms with Crippen LogP contribution in [0.15, 0.2) is 30.3 Å². The number of nitrogens with two attached hydrogens (primary N) is 2. The first kappa shape index (κ1) is 86.3. The van der Waals surface area contributed by atoms with E-state index in [9.17, 15) is 68.4 Å². The van der Waals surface area contributed by atoms with E-state index < -0.39 is 215 Å². The number of cyclic esters (lactones) is 1. The third kappa shape index (κ3) is 30.1. The van der Waals surface area contributed by atoms with Crippen LogP contribution >= 0.6 is 0 Å². The summed E-state index contributed by atoms with van der Waals surface area (Å²) in [6.07, 6.45) is -9.58. The molecule has 1 aliphatic heterocycles. The summed E-state index contributed by atoms with van der Waals surface area (Å²) in [5.74, 6) is -17.5. The average Bonchev–Trinajstić information content (AvgIpc) is 0.814. The van der Waals surface area contributed by atoms with Crippen molar-refractivity contribution >= 4 is 83.0 Å². The summed E-state index contributed by atoms with van der Waals surface area (Å²) in [6.45, 7) is 23.5. The number of carbonyl (C=O) groups excluding carboxylic acids is 13. The molecule has 1 aliphatic rings. The number of nitrogens with one attached hydrogen (secondary N) is 13. The lowest BCUT2D eigenvalue weighted by Crippen LogP contribution is -2.64. The molecule has 15 atom stereocenters. The largest absolute Gasteiger partial charge is 0.453 e. The van der Waals surface area contributed by atoms with Gasteiger partial charge in [-0.05, 0) is 93.9 Å². The van der Waals surface area contributed by atoms with Gasteiger partial charge in [0.2, 0.25) is 65.0 Å². The molecule has 1 heterocycles. The Hall–Kier alpha value is -8.76. The molecule has 99 heavy (non-hydrogen) atoms. The molecule has 12 amide bonds. The zero-order valence-corrected chi connectivity index (χ0v) is 59.6. The van der Waals surface area contributed by atoms with Gasteiger partial charge in [-0.25, -0.2) is 9.59 Å². The smallest absolute Gasteiger partial charge is 0.408 e. The normalized spacial score (nSPS) is 23.9. The topological polar surface area (TPSA) is 542 Å². The predicted molar refractivity (Wildman–Crippen MR) is 360 cm³/mol. The number of carbonyl (C=O) groups is 13. The predicted octanol–water partition coefficient (Wildman–Crippen LogP) is -2.88. The van der Waals surface area contributed by atoms with Crippen LogP contribution in [0.3, 0.4) is 0 Å². The number of hydrogen-bond acceptors (Lipinski definition) is 20. The molecule has 1 aromatic rings. The Balaban J connectivity index is 3.21. The van der Waals surface area contributed by atoms with E-state index in [-0.39, 0.29) is 50.6 Å². The summed E-state index contributed by atoms with van der Waals surface area (Å²) in [4.78, 5) is 186. The van der Waals surface area contributed by atoms with Crippen molar-refractivity contribution < 1.29 is 92.2 Å². The first-order chi connectivity index (χ1) is 45.7. The van der Waals surface area contributed by atoms with Crippen LogP contribution in [0.1, 0.15) is 161 Å². The van der Waals surface area contributed by atoms with Gasteiger partial charge < -0.3 is 105 Å². The maximum Gasteiger partial charge on any atom is 0.408 e. The van der Waals surface area contributed by atoms with Crippen LogP contribution in [-0.4, -0.2) is 207 Å². The Morgan fingerprint density at radius 1 is 0.646 bits per heavy atom. The van der Waals surface area contributed by atoms with E-state index in [1.54, 1.807) is 90.0 Å². The molecule has 21 N–H and O–H groups in total. The van der Waals surface area contributed by atoms with E-state index in [4.69, 9.17) is 26.4 Å². The second kappa shape index (κ2) is 39.1. The van der Waals surface area contributed by atoms with Gasteiger partial charge in [0.05, 0.1) is 25.4 Å². The number of guanidine groups is 1. The van der Waals surface area contributed by atoms with Gasteiger partial charge in [0, 0.05) is 6.54 Å². The third-order valence-electron chi connectivity index (χ3n) is 15.4. The minimum Gasteiger partial charge on any atom is -0.453 e. The summed E-state index contributed by atoms with van der Waals surface area (Å²) < 4.78 is 11.5. The van der Waals surface area contributed by atoms with Gasteiger partial charge in [0.1, 0.15) is 60.0 Å². The molecule has 0 unspecified atom stereocenters. The molecule has 2 rings (SSSR count). The molecule has 34 heteroatoms. The van der Waals surface area contributed by atoms with E-state index in [1.807, 2.05) is 10.6 Å². The molecule has 1 aromatic carbocycles. The van der Waals surface area contributed by atoms with Crippen LogP contribution in [0.4, 0.5) is 4.79 Å². The summed E-state index contributed by atoms with van der Waals surface area (Å²) in [5, 5.41) is 81.4. The van der Waals surface area contributed by atoms with Crippen molar-refractivity contribution in [2.75, 3.05) is 19.7 Å². The van der Waals surface area contributed by atoms with E-state index in [1.165, 1.54) is 44.2 Å². The molecule has 0 aliphatic carbocycles. The van der Waals surface area contributed by atoms with Crippen molar-refractivity contribution in [3.63, 3.8) is 0 Å². The second-order valence-electron chi connectivity index (χ2n) is 29.0. The molecule has 0 spiro atoms. The maximum absolute atomic E-state index is 15.6. The maximum atomic E-state index is 15.6. The van der Waals surface area contributed by atoms with Crippen LogP contribution in [-0.2, 0) is 67.0 Å². The Labute approximate surface area is 577 Å². The third-order valence-corrected chi connectivity index (χ3v) is 15.4. The van der Waals surface area contributed by atoms with Crippen LogP contribution < -0.4 is 75.3 Å². The first-order valence-corrected chi connectivity index (χ1v) is 33.0. The van der Waals surface area contributed by atoms with Crippen LogP contribution in [0.25, 0.3) is 0 Å². The molecule has 0 bridgehead atoms. The lowest BCUT2D eigenvalue weighted by molar-refractivity contribution is -0.159. The number of benzene rings is 1. The summed E-state index contributed by atoms with van der Waals surface area (Å²) in [5.41, 5.74) is 8.29. The number of alkyl carbamates (subject to hydrolysis) is 1. The first-order valence-electron chi connectivity index (χ1n) is 33.0. The van der Waals surface area contributed by atoms with Crippen molar-refractivity contribution in [2.24, 2.45) is 40.1 Å². The van der Waals surface area contributed by atoms with Crippen LogP contribution in [0.5, 0.6) is 0 Å². The van der Waals surface area contributed by atoms with Gasteiger partial charge >= 0.3 is 12.1 Å². The Kier molecular flexibility index (Phi) is 34.1. The number of ether oxygens (including phenoxy) is 2. The van der Waals surface area contributed by atoms with Crippen molar-refractivity contribution in [3.05, 3.63) is 35.9 Å². The standard InChI is InChI=1S/C65H109N15O19/c1-17-33(6)42-56(92)78-43(34(7)82)55(91)70-29-41(83)76-45(48(85)50(66)86)58(94)74-40(30-81)60(96)98-49(35-22-19-18-20-23-35)46(80-54(90)38(27-63(8,9)10)73-53(89)39(28-64(11,12)13)75-62(97)99-65(14,15)16)59(95)79-44(47(84)32(4)5)57(93)72-37(26-31(2)3)52(88)71-36(51(87)77-42)24-21-25-69-61(67)68/h18-20,22-23,31-34,36-40,42-49,81-82,84-85H,17,21,24-30H2,1-16H3,(H2,66,86)(H,70,91)(H,71,88)(H,72,93)(H,73,89)(H,74,94)(H,75,97)(H,76,83)(H,77,87)(H,78,92)(H,79,95)(H,80,90)(H4,67,68,69)/t33-,34-,36+,37-,38-,39+,40-,42-,43-,44-,45-,46-,47+,48-,49+/m0/s1. The summed E-state index contributed by atoms with van der Waals surface area (Å²) >= 11 is 0. The molecule has 0 aromatic heterocycles. The monoisotopic (exact) mass is 1400 g/mol. The molecule has 34 nitrogen and oxygen atoms in total. The van der Waals surface area contributed by atoms with Crippen molar-refractivity contribution in [2.45, 2.75) is 240 Å². The van der Waals surface area contributed by atoms with Crippen molar-refractivity contribution in [1.29, 1.82) is 5.41 Å². The fourth-order valence-corrected chi connectivity index (χ4v) is 10.0. The van der Waals surface area contributed by atoms with Gasteiger partial charge in [-0.2, -0.15) is 0 Å². The molecular weight excluding hydrogens is 1290 g/mol. The van der Waals surface area contributed by atoms with Gasteiger partial charge in [0.25, 0.3) is 0 Å². The Bertz CT molecular complexity index is 2970. The Morgan fingerprint density at radius 2 is 1.16 bits per heavy atom. The zero-order chi connectivity index (χ0) is 75.8. The summed E-state index contributed by atoms with van der Waals surface area (Å²) in [6, 6.07) is -11.6. The van der Waals surface area contributed by atoms with E-state index in [0.29, 0.717) is 0 Å². The number of primary amides is 1. The quantitative estimate of drug-likeness (QED) is 0.0240. The highest BCUT2D eigenvalue weighted by Gasteiger charge is 2.44. The number of hydrogen-bond donors (Lipinski definition) is 19. The molecular formula is C65H109N15O19. The second-order valence-corrected chi connectivity index (χ2v) is 29.0. The molecule has 0 saturated carbocycles. The number of rotatable bonds is 22. The highest BCUT2D eigenvalue weighted by atomic mass is 16.6. The Morgan fingerprint density at radius 3 is 1.67 bits per heavy atom. The van der Waals surface area contributed by atoms with E-state index in [2.05, 4.69) is 53.2 Å². The SMILES string of the molecule is CC[C@H](C)[C@@H]1NC(=O)[C@@H](CCCNC(=N)N)NC(=O)[C@H](CC(C)C)NC(=O)[C@H]([C@H](O)C(C)C)NC(=O)[C@@H](NC(=O)[C@H](CC(C)(C)C)NC(=O)[C@@H](CC(C)(C)C)NC(=O)OC(C)(C)C)[C@@H](c2ccccc2)OC(=O)[C@H](CO)NC(=O)[C@H]([C@H](O)C(N)=O)NC(=O)CNC(=O)[C@H]([C@H](C)O)NC1=O. The van der Waals surface area contributed by atoms with Gasteiger partial charge in [0.15, 0.2) is 24.2 Å². The fourth-order valence-electron chi connectivity index (χ4n) is 10.0. The average molecular weight is 1400 g/mol. The van der Waals surface area contributed by atoms with Gasteiger partial charge in [-0.15, -0.1) is 0 Å². The van der Waals surface area contributed by atoms with Crippen LogP contribution in [0, 0.1) is 34.0 Å². The fraction of sp³-hybridized carbons (Fsp3) is 0.692. The minimum absolute atomic E-state index is 0.00140. The van der Waals surface area contributed by atoms with Crippen LogP contribution in [0.2, 0.25) is 0 Å². The number of aliphatic hydroxyl groups excluding tert-OH is 4. The summed E-state index contributed by atoms with van der Waals surface area (Å²) in [7, 11) is 0. The number of esters is 1. The van der Waals surface area contributed by atoms with E-state index in [0.717, 1.165) is 6.92 Å². The molecule has 558 valence electrons. The van der Waals surface area contributed by atoms with E-state index >= 15 is 14.4 Å². The lowest BCUT2D eigenvalue weighted by Gasteiger charge is -2.34. The number of aliphatic hydroxyl groups is 4. The number of amides is 12. The van der Waals surface area contributed by atoms with Crippen molar-refractivity contribution in [1.82, 2.24) is 63.8 Å².